The number of aryl methyl sites for hydroxylation is 1. The predicted molar refractivity (Wildman–Crippen MR) is 87.7 cm³/mol. The summed E-state index contributed by atoms with van der Waals surface area (Å²) in [5.41, 5.74) is 1.44. The van der Waals surface area contributed by atoms with Crippen molar-refractivity contribution in [1.82, 2.24) is 5.32 Å². The van der Waals surface area contributed by atoms with Gasteiger partial charge in [-0.3, -0.25) is 4.79 Å². The molecule has 1 rings (SSSR count). The summed E-state index contributed by atoms with van der Waals surface area (Å²) in [4.78, 5) is 9.85. The zero-order chi connectivity index (χ0) is 15.8. The fraction of sp³-hybridized carbons (Fsp3) is 0.556. The van der Waals surface area contributed by atoms with Gasteiger partial charge in [0.15, 0.2) is 0 Å². The van der Waals surface area contributed by atoms with E-state index in [1.807, 2.05) is 0 Å². The van der Waals surface area contributed by atoms with E-state index >= 15 is 0 Å². The molecule has 3 nitrogen and oxygen atoms in total. The maximum atomic E-state index is 9.85. The second kappa shape index (κ2) is 14.6. The van der Waals surface area contributed by atoms with Gasteiger partial charge in [-0.15, -0.1) is 0 Å². The lowest BCUT2D eigenvalue weighted by atomic mass is 10.0. The summed E-state index contributed by atoms with van der Waals surface area (Å²) in [6.07, 6.45) is 6.98. The van der Waals surface area contributed by atoms with Crippen molar-refractivity contribution in [2.24, 2.45) is 5.92 Å². The number of nitrogens with zero attached hydrogens (tertiary/aromatic N) is 1. The Hall–Kier alpha value is -1.82. The summed E-state index contributed by atoms with van der Waals surface area (Å²) in [6.45, 7) is 5.03. The number of nitriles is 1. The van der Waals surface area contributed by atoms with Gasteiger partial charge in [-0.1, -0.05) is 57.0 Å². The largest absolute Gasteiger partial charge is 0.359 e. The molecular weight excluding hydrogens is 260 g/mol. The van der Waals surface area contributed by atoms with E-state index in [9.17, 15) is 4.79 Å². The zero-order valence-corrected chi connectivity index (χ0v) is 13.3. The molecule has 0 radical (unpaired) electrons. The molecule has 1 unspecified atom stereocenters. The van der Waals surface area contributed by atoms with E-state index < -0.39 is 0 Å². The molecule has 3 heteroatoms. The van der Waals surface area contributed by atoms with Gasteiger partial charge in [-0.05, 0) is 30.7 Å². The molecule has 0 aliphatic rings. The highest BCUT2D eigenvalue weighted by Crippen LogP contribution is 2.10. The van der Waals surface area contributed by atoms with E-state index in [0.717, 1.165) is 32.2 Å². The normalized spacial score (nSPS) is 10.7. The van der Waals surface area contributed by atoms with Crippen LogP contribution in [0, 0.1) is 17.2 Å². The molecule has 0 spiro atoms. The molecule has 0 bridgehead atoms. The Labute approximate surface area is 129 Å². The second-order valence-corrected chi connectivity index (χ2v) is 5.27. The lowest BCUT2D eigenvalue weighted by Gasteiger charge is -2.05. The van der Waals surface area contributed by atoms with Crippen molar-refractivity contribution in [3.05, 3.63) is 35.9 Å². The molecule has 116 valence electrons. The highest BCUT2D eigenvalue weighted by atomic mass is 16.1. The van der Waals surface area contributed by atoms with E-state index in [-0.39, 0.29) is 0 Å². The first-order valence-corrected chi connectivity index (χ1v) is 7.82. The Morgan fingerprint density at radius 2 is 2.00 bits per heavy atom. The molecule has 0 aliphatic carbocycles. The Bertz CT molecular complexity index is 384. The average Bonchev–Trinajstić information content (AvgIpc) is 2.49. The number of carbonyl (C=O) groups is 1. The summed E-state index contributed by atoms with van der Waals surface area (Å²) in [5.74, 6) is 0.492. The maximum Gasteiger partial charge on any atom is 0.207 e. The zero-order valence-electron chi connectivity index (χ0n) is 13.3. The van der Waals surface area contributed by atoms with Crippen LogP contribution in [-0.2, 0) is 11.2 Å². The molecule has 0 aliphatic heterocycles. The highest BCUT2D eigenvalue weighted by Gasteiger charge is 1.99. The number of nitrogens with one attached hydrogen (secondary N) is 1. The Kier molecular flexibility index (Phi) is 13.3. The van der Waals surface area contributed by atoms with Gasteiger partial charge in [0.25, 0.3) is 0 Å². The van der Waals surface area contributed by atoms with Gasteiger partial charge in [0, 0.05) is 13.0 Å². The molecule has 0 fully saturated rings. The van der Waals surface area contributed by atoms with Crippen molar-refractivity contribution in [1.29, 1.82) is 5.26 Å². The number of benzene rings is 1. The maximum absolute atomic E-state index is 9.85. The first-order valence-electron chi connectivity index (χ1n) is 7.82. The smallest absolute Gasteiger partial charge is 0.207 e. The molecule has 0 heterocycles. The minimum Gasteiger partial charge on any atom is -0.359 e. The predicted octanol–water partition coefficient (Wildman–Crippen LogP) is 4.09. The lowest BCUT2D eigenvalue weighted by Crippen LogP contribution is -2.12. The molecule has 21 heavy (non-hydrogen) atoms. The molecule has 1 aromatic carbocycles. The first kappa shape index (κ1) is 19.2. The van der Waals surface area contributed by atoms with E-state index in [0.29, 0.717) is 12.3 Å². The highest BCUT2D eigenvalue weighted by molar-refractivity contribution is 5.45. The fourth-order valence-electron chi connectivity index (χ4n) is 1.97. The van der Waals surface area contributed by atoms with Gasteiger partial charge in [-0.2, -0.15) is 5.26 Å². The average molecular weight is 288 g/mol. The van der Waals surface area contributed by atoms with Crippen molar-refractivity contribution in [3.8, 4) is 6.07 Å². The van der Waals surface area contributed by atoms with Crippen molar-refractivity contribution in [2.75, 3.05) is 6.54 Å². The molecule has 1 amide bonds. The van der Waals surface area contributed by atoms with E-state index in [1.54, 1.807) is 0 Å². The summed E-state index contributed by atoms with van der Waals surface area (Å²) in [5, 5.41) is 11.0. The third-order valence-electron chi connectivity index (χ3n) is 3.17. The SMILES string of the molecule is CC(CC#N)CCCCNC=O.CCCc1ccccc1. The van der Waals surface area contributed by atoms with Crippen LogP contribution in [0.1, 0.15) is 51.5 Å². The van der Waals surface area contributed by atoms with Crippen LogP contribution in [-0.4, -0.2) is 13.0 Å². The summed E-state index contributed by atoms with van der Waals surface area (Å²) in [7, 11) is 0. The van der Waals surface area contributed by atoms with E-state index in [2.05, 4.69) is 55.6 Å². The van der Waals surface area contributed by atoms with Crippen molar-refractivity contribution in [3.63, 3.8) is 0 Å². The van der Waals surface area contributed by atoms with E-state index in [1.165, 1.54) is 18.4 Å². The van der Waals surface area contributed by atoms with Crippen molar-refractivity contribution >= 4 is 6.41 Å². The van der Waals surface area contributed by atoms with Gasteiger partial charge < -0.3 is 5.32 Å². The summed E-state index contributed by atoms with van der Waals surface area (Å²) >= 11 is 0. The molecule has 0 aromatic heterocycles. The Morgan fingerprint density at radius 3 is 2.57 bits per heavy atom. The summed E-state index contributed by atoms with van der Waals surface area (Å²) in [6, 6.07) is 12.7. The number of carbonyl (C=O) groups excluding carboxylic acids is 1. The summed E-state index contributed by atoms with van der Waals surface area (Å²) < 4.78 is 0. The van der Waals surface area contributed by atoms with Crippen LogP contribution in [0.4, 0.5) is 0 Å². The number of hydrogen-bond acceptors (Lipinski definition) is 2. The number of hydrogen-bond donors (Lipinski definition) is 1. The molecule has 0 saturated heterocycles. The van der Waals surface area contributed by atoms with Crippen LogP contribution in [0.5, 0.6) is 0 Å². The van der Waals surface area contributed by atoms with E-state index in [4.69, 9.17) is 5.26 Å². The lowest BCUT2D eigenvalue weighted by molar-refractivity contribution is -0.109. The molecule has 1 N–H and O–H groups in total. The van der Waals surface area contributed by atoms with Gasteiger partial charge in [-0.25, -0.2) is 0 Å². The topological polar surface area (TPSA) is 52.9 Å². The fourth-order valence-corrected chi connectivity index (χ4v) is 1.97. The molecule has 1 atom stereocenters. The van der Waals surface area contributed by atoms with Gasteiger partial charge in [0.1, 0.15) is 0 Å². The molecule has 0 saturated carbocycles. The number of unbranched alkanes of at least 4 members (excludes halogenated alkanes) is 1. The van der Waals surface area contributed by atoms with Crippen LogP contribution in [0.15, 0.2) is 30.3 Å². The third kappa shape index (κ3) is 12.9. The standard InChI is InChI=1S/C9H16N2O.C9H12/c1-9(5-6-10)4-2-3-7-11-8-12;1-2-6-9-7-4-3-5-8-9/h8-9H,2-5,7H2,1H3,(H,11,12);3-5,7-8H,2,6H2,1H3. The van der Waals surface area contributed by atoms with Crippen LogP contribution < -0.4 is 5.32 Å². The van der Waals surface area contributed by atoms with Gasteiger partial charge in [0.05, 0.1) is 6.07 Å². The first-order chi connectivity index (χ1) is 10.2. The van der Waals surface area contributed by atoms with Crippen molar-refractivity contribution < 1.29 is 4.79 Å². The number of amides is 1. The quantitative estimate of drug-likeness (QED) is 0.549. The van der Waals surface area contributed by atoms with Crippen LogP contribution in [0.3, 0.4) is 0 Å². The monoisotopic (exact) mass is 288 g/mol. The van der Waals surface area contributed by atoms with Crippen LogP contribution in [0.2, 0.25) is 0 Å². The Balaban J connectivity index is 0.000000394. The van der Waals surface area contributed by atoms with Crippen LogP contribution >= 0.6 is 0 Å². The minimum absolute atomic E-state index is 0.492. The number of rotatable bonds is 9. The Morgan fingerprint density at radius 1 is 1.29 bits per heavy atom. The second-order valence-electron chi connectivity index (χ2n) is 5.27. The third-order valence-corrected chi connectivity index (χ3v) is 3.17. The van der Waals surface area contributed by atoms with Gasteiger partial charge >= 0.3 is 0 Å². The van der Waals surface area contributed by atoms with Crippen molar-refractivity contribution in [2.45, 2.75) is 52.4 Å². The minimum atomic E-state index is 0.492. The molecular formula is C18H28N2O. The molecule has 1 aromatic rings. The van der Waals surface area contributed by atoms with Crippen LogP contribution in [0.25, 0.3) is 0 Å². The van der Waals surface area contributed by atoms with Gasteiger partial charge in [0.2, 0.25) is 6.41 Å².